The molecule has 1 aromatic heterocycles. The third-order valence-corrected chi connectivity index (χ3v) is 2.10. The first-order valence-corrected chi connectivity index (χ1v) is 5.47. The van der Waals surface area contributed by atoms with E-state index in [-0.39, 0.29) is 5.69 Å². The van der Waals surface area contributed by atoms with Gasteiger partial charge in [-0.25, -0.2) is 9.55 Å². The van der Waals surface area contributed by atoms with E-state index in [0.29, 0.717) is 0 Å². The molecule has 0 radical (unpaired) electrons. The highest BCUT2D eigenvalue weighted by Crippen LogP contribution is 2.36. The third-order valence-electron chi connectivity index (χ3n) is 1.62. The summed E-state index contributed by atoms with van der Waals surface area (Å²) in [5.41, 5.74) is 0.233. The fraction of sp³-hybridized carbons (Fsp3) is 0.500. The normalized spacial score (nSPS) is 16.3. The second-order valence-electron chi connectivity index (χ2n) is 2.81. The van der Waals surface area contributed by atoms with Crippen molar-refractivity contribution >= 4 is 7.82 Å². The van der Waals surface area contributed by atoms with Gasteiger partial charge in [-0.05, 0) is 0 Å². The number of aliphatic hydroxyl groups is 2. The Morgan fingerprint density at radius 3 is 2.67 bits per heavy atom. The molecule has 0 fully saturated rings. The van der Waals surface area contributed by atoms with Crippen LogP contribution < -0.4 is 0 Å². The Labute approximate surface area is 84.8 Å². The zero-order valence-corrected chi connectivity index (χ0v) is 8.41. The molecule has 5 N–H and O–H groups in total. The lowest BCUT2D eigenvalue weighted by Crippen LogP contribution is -2.23. The first-order valence-electron chi connectivity index (χ1n) is 3.94. The van der Waals surface area contributed by atoms with Crippen molar-refractivity contribution in [3.63, 3.8) is 0 Å². The monoisotopic (exact) mass is 238 g/mol. The van der Waals surface area contributed by atoms with Crippen molar-refractivity contribution in [2.75, 3.05) is 6.61 Å². The first-order chi connectivity index (χ1) is 6.90. The molecule has 8 nitrogen and oxygen atoms in total. The number of aliphatic hydroxyl groups excluding tert-OH is 2. The number of hydrogen-bond acceptors (Lipinski definition) is 5. The molecular formula is C6H11N2O6P. The number of phosphoric acid groups is 1. The maximum absolute atomic E-state index is 10.3. The van der Waals surface area contributed by atoms with Gasteiger partial charge in [-0.2, -0.15) is 0 Å². The molecule has 0 spiro atoms. The minimum Gasteiger partial charge on any atom is -0.388 e. The van der Waals surface area contributed by atoms with Gasteiger partial charge in [-0.1, -0.05) is 0 Å². The molecule has 0 saturated carbocycles. The van der Waals surface area contributed by atoms with Crippen LogP contribution in [0.25, 0.3) is 0 Å². The van der Waals surface area contributed by atoms with Crippen LogP contribution in [0.2, 0.25) is 0 Å². The quantitative estimate of drug-likeness (QED) is 0.411. The maximum Gasteiger partial charge on any atom is 0.469 e. The van der Waals surface area contributed by atoms with E-state index in [2.05, 4.69) is 14.5 Å². The summed E-state index contributed by atoms with van der Waals surface area (Å²) in [4.78, 5) is 22.9. The Bertz CT molecular complexity index is 335. The van der Waals surface area contributed by atoms with E-state index in [1.165, 1.54) is 12.5 Å². The van der Waals surface area contributed by atoms with Gasteiger partial charge in [0.15, 0.2) is 0 Å². The first kappa shape index (κ1) is 12.3. The topological polar surface area (TPSA) is 136 Å². The van der Waals surface area contributed by atoms with Crippen molar-refractivity contribution in [3.8, 4) is 0 Å². The molecule has 1 heterocycles. The van der Waals surface area contributed by atoms with Crippen LogP contribution in [0.1, 0.15) is 11.8 Å². The number of aromatic amines is 1. The van der Waals surface area contributed by atoms with E-state index < -0.39 is 26.6 Å². The largest absolute Gasteiger partial charge is 0.469 e. The van der Waals surface area contributed by atoms with Crippen molar-refractivity contribution in [3.05, 3.63) is 18.2 Å². The van der Waals surface area contributed by atoms with E-state index in [1.54, 1.807) is 0 Å². The highest BCUT2D eigenvalue weighted by Gasteiger charge is 2.23. The molecule has 1 aromatic rings. The van der Waals surface area contributed by atoms with E-state index in [1.807, 2.05) is 0 Å². The molecule has 15 heavy (non-hydrogen) atoms. The summed E-state index contributed by atoms with van der Waals surface area (Å²) in [6.07, 6.45) is -0.197. The summed E-state index contributed by atoms with van der Waals surface area (Å²) < 4.78 is 14.3. The summed E-state index contributed by atoms with van der Waals surface area (Å²) in [5.74, 6) is 0. The molecule has 0 aliphatic heterocycles. The van der Waals surface area contributed by atoms with Crippen molar-refractivity contribution in [1.29, 1.82) is 0 Å². The fourth-order valence-corrected chi connectivity index (χ4v) is 1.25. The van der Waals surface area contributed by atoms with Gasteiger partial charge in [-0.3, -0.25) is 4.52 Å². The van der Waals surface area contributed by atoms with Crippen LogP contribution in [0.15, 0.2) is 12.5 Å². The molecule has 2 unspecified atom stereocenters. The number of hydrogen-bond donors (Lipinski definition) is 5. The summed E-state index contributed by atoms with van der Waals surface area (Å²) in [6, 6.07) is 0. The number of imidazole rings is 1. The Kier molecular flexibility index (Phi) is 3.97. The smallest absolute Gasteiger partial charge is 0.388 e. The predicted octanol–water partition coefficient (Wildman–Crippen LogP) is -1.09. The molecule has 0 aliphatic carbocycles. The lowest BCUT2D eigenvalue weighted by Gasteiger charge is -2.16. The van der Waals surface area contributed by atoms with Crippen LogP contribution in [-0.4, -0.2) is 42.7 Å². The molecule has 2 atom stereocenters. The van der Waals surface area contributed by atoms with Gasteiger partial charge in [0.1, 0.15) is 12.2 Å². The van der Waals surface area contributed by atoms with Gasteiger partial charge in [0.05, 0.1) is 24.8 Å². The standard InChI is InChI=1S/C6H11N2O6P/c9-5(2-14-15(11,12)13)6(10)4-1-7-3-8-4/h1,3,5-6,9-10H,2H2,(H,7,8)(H2,11,12,13). The number of rotatable bonds is 5. The Hall–Kier alpha value is -0.760. The van der Waals surface area contributed by atoms with E-state index in [9.17, 15) is 14.8 Å². The Morgan fingerprint density at radius 2 is 2.20 bits per heavy atom. The molecule has 0 amide bonds. The molecule has 9 heteroatoms. The number of nitrogens with zero attached hydrogens (tertiary/aromatic N) is 1. The van der Waals surface area contributed by atoms with Gasteiger partial charge >= 0.3 is 7.82 Å². The second kappa shape index (κ2) is 4.84. The summed E-state index contributed by atoms with van der Waals surface area (Å²) >= 11 is 0. The number of nitrogens with one attached hydrogen (secondary N) is 1. The summed E-state index contributed by atoms with van der Waals surface area (Å²) in [5, 5.41) is 18.7. The zero-order chi connectivity index (χ0) is 11.5. The SMILES string of the molecule is O=P(O)(O)OCC(O)C(O)c1cnc[nH]1. The molecule has 0 aliphatic rings. The Morgan fingerprint density at radius 1 is 1.53 bits per heavy atom. The average Bonchev–Trinajstić information content (AvgIpc) is 2.64. The van der Waals surface area contributed by atoms with Crippen molar-refractivity contribution in [1.82, 2.24) is 9.97 Å². The highest BCUT2D eigenvalue weighted by molar-refractivity contribution is 7.46. The average molecular weight is 238 g/mol. The molecule has 0 aromatic carbocycles. The van der Waals surface area contributed by atoms with Crippen LogP contribution in [0.4, 0.5) is 0 Å². The maximum atomic E-state index is 10.3. The van der Waals surface area contributed by atoms with Gasteiger partial charge in [0, 0.05) is 0 Å². The summed E-state index contributed by atoms with van der Waals surface area (Å²) in [6.45, 7) is -0.676. The zero-order valence-electron chi connectivity index (χ0n) is 7.52. The van der Waals surface area contributed by atoms with Crippen molar-refractivity contribution < 1.29 is 29.1 Å². The van der Waals surface area contributed by atoms with Crippen LogP contribution in [0.5, 0.6) is 0 Å². The van der Waals surface area contributed by atoms with Crippen LogP contribution in [0, 0.1) is 0 Å². The van der Waals surface area contributed by atoms with Gasteiger partial charge in [0.25, 0.3) is 0 Å². The number of phosphoric ester groups is 1. The van der Waals surface area contributed by atoms with Crippen LogP contribution in [-0.2, 0) is 9.09 Å². The molecule has 0 saturated heterocycles. The number of aromatic nitrogens is 2. The number of H-pyrrole nitrogens is 1. The molecular weight excluding hydrogens is 227 g/mol. The predicted molar refractivity (Wildman–Crippen MR) is 47.6 cm³/mol. The van der Waals surface area contributed by atoms with Gasteiger partial charge in [-0.15, -0.1) is 0 Å². The van der Waals surface area contributed by atoms with E-state index in [0.717, 1.165) is 0 Å². The van der Waals surface area contributed by atoms with E-state index in [4.69, 9.17) is 9.79 Å². The highest BCUT2D eigenvalue weighted by atomic mass is 31.2. The van der Waals surface area contributed by atoms with Crippen LogP contribution >= 0.6 is 7.82 Å². The van der Waals surface area contributed by atoms with E-state index >= 15 is 0 Å². The van der Waals surface area contributed by atoms with Crippen molar-refractivity contribution in [2.45, 2.75) is 12.2 Å². The lowest BCUT2D eigenvalue weighted by molar-refractivity contribution is -0.0168. The molecule has 86 valence electrons. The third kappa shape index (κ3) is 4.08. The lowest BCUT2D eigenvalue weighted by atomic mass is 10.2. The molecule has 1 rings (SSSR count). The van der Waals surface area contributed by atoms with Crippen molar-refractivity contribution in [2.24, 2.45) is 0 Å². The Balaban J connectivity index is 2.47. The second-order valence-corrected chi connectivity index (χ2v) is 4.04. The van der Waals surface area contributed by atoms with Crippen LogP contribution in [0.3, 0.4) is 0 Å². The molecule has 0 bridgehead atoms. The minimum absolute atomic E-state index is 0.233. The summed E-state index contributed by atoms with van der Waals surface area (Å²) in [7, 11) is -4.63. The minimum atomic E-state index is -4.63. The van der Waals surface area contributed by atoms with Gasteiger partial charge < -0.3 is 25.0 Å². The van der Waals surface area contributed by atoms with Gasteiger partial charge in [0.2, 0.25) is 0 Å². The fourth-order valence-electron chi connectivity index (χ4n) is 0.900.